The molecule has 3 rings (SSSR count). The van der Waals surface area contributed by atoms with Crippen LogP contribution in [0.4, 0.5) is 4.39 Å². The third-order valence-corrected chi connectivity index (χ3v) is 3.45. The SMILES string of the molecule is O=C(O)c1ccc2cccc(-c3cc(Cl)ncc3F)c2c1. The van der Waals surface area contributed by atoms with Crippen molar-refractivity contribution in [3.8, 4) is 11.1 Å². The summed E-state index contributed by atoms with van der Waals surface area (Å²) in [5.41, 5.74) is 1.02. The Morgan fingerprint density at radius 3 is 2.71 bits per heavy atom. The summed E-state index contributed by atoms with van der Waals surface area (Å²) < 4.78 is 14.0. The molecule has 1 N–H and O–H groups in total. The van der Waals surface area contributed by atoms with Crippen LogP contribution in [-0.2, 0) is 0 Å². The fourth-order valence-corrected chi connectivity index (χ4v) is 2.42. The number of carboxylic acids is 1. The molecule has 0 aliphatic heterocycles. The normalized spacial score (nSPS) is 10.8. The largest absolute Gasteiger partial charge is 0.478 e. The van der Waals surface area contributed by atoms with Crippen molar-refractivity contribution < 1.29 is 14.3 Å². The molecule has 0 unspecified atom stereocenters. The fourth-order valence-electron chi connectivity index (χ4n) is 2.26. The van der Waals surface area contributed by atoms with Gasteiger partial charge in [-0.3, -0.25) is 0 Å². The first-order valence-electron chi connectivity index (χ1n) is 6.14. The monoisotopic (exact) mass is 301 g/mol. The van der Waals surface area contributed by atoms with E-state index in [0.29, 0.717) is 16.5 Å². The number of nitrogens with zero attached hydrogens (tertiary/aromatic N) is 1. The summed E-state index contributed by atoms with van der Waals surface area (Å²) in [7, 11) is 0. The Balaban J connectivity index is 2.34. The molecule has 1 heterocycles. The highest BCUT2D eigenvalue weighted by Crippen LogP contribution is 2.32. The third-order valence-electron chi connectivity index (χ3n) is 3.24. The first-order chi connectivity index (χ1) is 10.1. The van der Waals surface area contributed by atoms with Crippen molar-refractivity contribution in [3.05, 3.63) is 65.2 Å². The number of carbonyl (C=O) groups is 1. The highest BCUT2D eigenvalue weighted by atomic mass is 35.5. The number of pyridine rings is 1. The van der Waals surface area contributed by atoms with E-state index < -0.39 is 11.8 Å². The van der Waals surface area contributed by atoms with E-state index in [1.807, 2.05) is 6.07 Å². The summed E-state index contributed by atoms with van der Waals surface area (Å²) in [6, 6.07) is 11.5. The number of fused-ring (bicyclic) bond motifs is 1. The lowest BCUT2D eigenvalue weighted by atomic mass is 9.97. The molecule has 1 aromatic heterocycles. The van der Waals surface area contributed by atoms with Gasteiger partial charge in [0.05, 0.1) is 11.8 Å². The van der Waals surface area contributed by atoms with Crippen LogP contribution in [-0.4, -0.2) is 16.1 Å². The van der Waals surface area contributed by atoms with E-state index in [9.17, 15) is 9.18 Å². The van der Waals surface area contributed by atoms with Crippen LogP contribution in [0.25, 0.3) is 21.9 Å². The smallest absolute Gasteiger partial charge is 0.335 e. The Morgan fingerprint density at radius 1 is 1.14 bits per heavy atom. The zero-order chi connectivity index (χ0) is 15.0. The molecule has 0 aliphatic rings. The van der Waals surface area contributed by atoms with Gasteiger partial charge >= 0.3 is 5.97 Å². The van der Waals surface area contributed by atoms with Crippen molar-refractivity contribution >= 4 is 28.3 Å². The van der Waals surface area contributed by atoms with Crippen molar-refractivity contribution in [1.82, 2.24) is 4.98 Å². The minimum atomic E-state index is -1.03. The maximum absolute atomic E-state index is 14.0. The zero-order valence-corrected chi connectivity index (χ0v) is 11.4. The topological polar surface area (TPSA) is 50.2 Å². The Morgan fingerprint density at radius 2 is 1.95 bits per heavy atom. The standard InChI is InChI=1S/C16H9ClFNO2/c17-15-7-13(14(18)8-19-15)11-3-1-2-9-4-5-10(16(20)21)6-12(9)11/h1-8H,(H,20,21). The molecule has 0 spiro atoms. The molecule has 0 radical (unpaired) electrons. The number of benzene rings is 2. The quantitative estimate of drug-likeness (QED) is 0.714. The van der Waals surface area contributed by atoms with Crippen molar-refractivity contribution in [3.63, 3.8) is 0 Å². The van der Waals surface area contributed by atoms with Crippen LogP contribution >= 0.6 is 11.6 Å². The van der Waals surface area contributed by atoms with Crippen molar-refractivity contribution in [2.75, 3.05) is 0 Å². The van der Waals surface area contributed by atoms with Crippen LogP contribution in [0.1, 0.15) is 10.4 Å². The predicted octanol–water partition coefficient (Wildman–Crippen LogP) is 4.39. The number of aromatic carboxylic acids is 1. The van der Waals surface area contributed by atoms with E-state index in [1.165, 1.54) is 18.2 Å². The molecular weight excluding hydrogens is 293 g/mol. The molecule has 104 valence electrons. The summed E-state index contributed by atoms with van der Waals surface area (Å²) in [5.74, 6) is -1.53. The number of hydrogen-bond donors (Lipinski definition) is 1. The van der Waals surface area contributed by atoms with Gasteiger partial charge in [-0.15, -0.1) is 0 Å². The van der Waals surface area contributed by atoms with Gasteiger partial charge in [0.15, 0.2) is 0 Å². The van der Waals surface area contributed by atoms with Crippen LogP contribution in [0.15, 0.2) is 48.7 Å². The van der Waals surface area contributed by atoms with E-state index in [1.54, 1.807) is 18.2 Å². The molecule has 3 nitrogen and oxygen atoms in total. The summed E-state index contributed by atoms with van der Waals surface area (Å²) in [5, 5.41) is 10.8. The van der Waals surface area contributed by atoms with Gasteiger partial charge in [-0.2, -0.15) is 0 Å². The van der Waals surface area contributed by atoms with Gasteiger partial charge < -0.3 is 5.11 Å². The molecule has 0 atom stereocenters. The van der Waals surface area contributed by atoms with E-state index in [-0.39, 0.29) is 10.7 Å². The number of hydrogen-bond acceptors (Lipinski definition) is 2. The molecular formula is C16H9ClFNO2. The lowest BCUT2D eigenvalue weighted by Crippen LogP contribution is -1.96. The maximum atomic E-state index is 14.0. The van der Waals surface area contributed by atoms with Gasteiger partial charge in [-0.1, -0.05) is 35.9 Å². The third kappa shape index (κ3) is 2.45. The zero-order valence-electron chi connectivity index (χ0n) is 10.7. The van der Waals surface area contributed by atoms with Gasteiger partial charge in [0.25, 0.3) is 0 Å². The van der Waals surface area contributed by atoms with E-state index in [2.05, 4.69) is 4.98 Å². The average Bonchev–Trinajstić information content (AvgIpc) is 2.48. The maximum Gasteiger partial charge on any atom is 0.335 e. The lowest BCUT2D eigenvalue weighted by molar-refractivity contribution is 0.0697. The Kier molecular flexibility index (Phi) is 3.31. The summed E-state index contributed by atoms with van der Waals surface area (Å²) in [6.45, 7) is 0. The first-order valence-corrected chi connectivity index (χ1v) is 6.51. The highest BCUT2D eigenvalue weighted by molar-refractivity contribution is 6.29. The number of carboxylic acid groups (broad SMARTS) is 1. The van der Waals surface area contributed by atoms with Crippen LogP contribution in [0.2, 0.25) is 5.15 Å². The second kappa shape index (κ2) is 5.14. The Labute approximate surface area is 124 Å². The summed E-state index contributed by atoms with van der Waals surface area (Å²) >= 11 is 5.83. The van der Waals surface area contributed by atoms with Crippen molar-refractivity contribution in [2.24, 2.45) is 0 Å². The average molecular weight is 302 g/mol. The van der Waals surface area contributed by atoms with Gasteiger partial charge in [0, 0.05) is 5.56 Å². The van der Waals surface area contributed by atoms with Gasteiger partial charge in [0.2, 0.25) is 0 Å². The van der Waals surface area contributed by atoms with Gasteiger partial charge in [-0.25, -0.2) is 14.2 Å². The van der Waals surface area contributed by atoms with E-state index >= 15 is 0 Å². The Bertz CT molecular complexity index is 864. The Hall–Kier alpha value is -2.46. The van der Waals surface area contributed by atoms with Crippen molar-refractivity contribution in [1.29, 1.82) is 0 Å². The molecule has 0 saturated heterocycles. The van der Waals surface area contributed by atoms with E-state index in [0.717, 1.165) is 11.6 Å². The number of rotatable bonds is 2. The second-order valence-electron chi connectivity index (χ2n) is 4.53. The molecule has 0 fully saturated rings. The molecule has 0 aliphatic carbocycles. The van der Waals surface area contributed by atoms with E-state index in [4.69, 9.17) is 16.7 Å². The molecule has 5 heteroatoms. The molecule has 0 amide bonds. The second-order valence-corrected chi connectivity index (χ2v) is 4.92. The minimum absolute atomic E-state index is 0.149. The molecule has 3 aromatic rings. The molecule has 0 saturated carbocycles. The highest BCUT2D eigenvalue weighted by Gasteiger charge is 2.12. The number of halogens is 2. The van der Waals surface area contributed by atoms with Crippen LogP contribution in [0, 0.1) is 5.82 Å². The minimum Gasteiger partial charge on any atom is -0.478 e. The van der Waals surface area contributed by atoms with Gasteiger partial charge in [-0.05, 0) is 34.5 Å². The summed E-state index contributed by atoms with van der Waals surface area (Å²) in [4.78, 5) is 14.8. The number of aromatic nitrogens is 1. The fraction of sp³-hybridized carbons (Fsp3) is 0. The van der Waals surface area contributed by atoms with Gasteiger partial charge in [0.1, 0.15) is 11.0 Å². The molecule has 21 heavy (non-hydrogen) atoms. The van der Waals surface area contributed by atoms with Crippen molar-refractivity contribution in [2.45, 2.75) is 0 Å². The predicted molar refractivity (Wildman–Crippen MR) is 79.1 cm³/mol. The lowest BCUT2D eigenvalue weighted by Gasteiger charge is -2.09. The van der Waals surface area contributed by atoms with Crippen LogP contribution in [0.5, 0.6) is 0 Å². The molecule has 0 bridgehead atoms. The first kappa shape index (κ1) is 13.5. The van der Waals surface area contributed by atoms with Crippen LogP contribution in [0.3, 0.4) is 0 Å². The molecule has 2 aromatic carbocycles. The summed E-state index contributed by atoms with van der Waals surface area (Å²) in [6.07, 6.45) is 1.05. The van der Waals surface area contributed by atoms with Crippen LogP contribution < -0.4 is 0 Å².